The lowest BCUT2D eigenvalue weighted by Gasteiger charge is -2.15. The summed E-state index contributed by atoms with van der Waals surface area (Å²) in [5, 5.41) is 0.609. The lowest BCUT2D eigenvalue weighted by molar-refractivity contribution is 0.904. The van der Waals surface area contributed by atoms with Crippen molar-refractivity contribution >= 4 is 23.2 Å². The summed E-state index contributed by atoms with van der Waals surface area (Å²) in [5.41, 5.74) is 4.72. The van der Waals surface area contributed by atoms with Crippen LogP contribution in [0.3, 0.4) is 0 Å². The molecule has 94 valence electrons. The van der Waals surface area contributed by atoms with E-state index in [0.29, 0.717) is 11.4 Å². The van der Waals surface area contributed by atoms with E-state index < -0.39 is 0 Å². The highest BCUT2D eigenvalue weighted by atomic mass is 35.5. The average Bonchev–Trinajstić information content (AvgIpc) is 2.35. The molecule has 0 saturated carbocycles. The largest absolute Gasteiger partial charge is 0.263 e. The fourth-order valence-corrected chi connectivity index (χ4v) is 2.58. The van der Waals surface area contributed by atoms with Crippen LogP contribution in [0.5, 0.6) is 0 Å². The number of benzene rings is 1. The third-order valence-corrected chi connectivity index (χ3v) is 3.97. The molecule has 0 amide bonds. The Kier molecular flexibility index (Phi) is 4.26. The molecule has 1 atom stereocenters. The van der Waals surface area contributed by atoms with E-state index >= 15 is 0 Å². The number of rotatable bonds is 3. The summed E-state index contributed by atoms with van der Waals surface area (Å²) >= 11 is 12.6. The predicted molar refractivity (Wildman–Crippen MR) is 77.5 cm³/mol. The lowest BCUT2D eigenvalue weighted by Crippen LogP contribution is -2.00. The van der Waals surface area contributed by atoms with E-state index in [9.17, 15) is 0 Å². The topological polar surface area (TPSA) is 12.9 Å². The SMILES string of the molecule is Cc1cccc(C(Cl)Cc2ccncc2Cl)c1C. The number of alkyl halides is 1. The summed E-state index contributed by atoms with van der Waals surface area (Å²) in [7, 11) is 0. The van der Waals surface area contributed by atoms with Gasteiger partial charge in [0.1, 0.15) is 0 Å². The van der Waals surface area contributed by atoms with E-state index in [0.717, 1.165) is 5.56 Å². The fourth-order valence-electron chi connectivity index (χ4n) is 1.99. The second-order valence-corrected chi connectivity index (χ2v) is 5.36. The van der Waals surface area contributed by atoms with Crippen molar-refractivity contribution in [1.29, 1.82) is 0 Å². The van der Waals surface area contributed by atoms with Crippen LogP contribution in [0.2, 0.25) is 5.02 Å². The molecule has 2 rings (SSSR count). The molecule has 2 aromatic rings. The molecule has 1 heterocycles. The van der Waals surface area contributed by atoms with Crippen molar-refractivity contribution in [3.05, 3.63) is 63.9 Å². The van der Waals surface area contributed by atoms with Crippen LogP contribution in [0.15, 0.2) is 36.7 Å². The van der Waals surface area contributed by atoms with Gasteiger partial charge in [0.2, 0.25) is 0 Å². The molecule has 1 unspecified atom stereocenters. The van der Waals surface area contributed by atoms with Crippen LogP contribution in [0.25, 0.3) is 0 Å². The maximum absolute atomic E-state index is 6.51. The molecule has 3 heteroatoms. The third kappa shape index (κ3) is 2.85. The fraction of sp³-hybridized carbons (Fsp3) is 0.267. The first-order chi connectivity index (χ1) is 8.59. The zero-order valence-corrected chi connectivity index (χ0v) is 12.0. The molecule has 18 heavy (non-hydrogen) atoms. The number of pyridine rings is 1. The highest BCUT2D eigenvalue weighted by molar-refractivity contribution is 6.31. The van der Waals surface area contributed by atoms with Crippen molar-refractivity contribution in [3.8, 4) is 0 Å². The van der Waals surface area contributed by atoms with Crippen molar-refractivity contribution < 1.29 is 0 Å². The Hall–Kier alpha value is -1.05. The second kappa shape index (κ2) is 5.73. The Morgan fingerprint density at radius 1 is 1.22 bits per heavy atom. The van der Waals surface area contributed by atoms with Gasteiger partial charge in [-0.15, -0.1) is 11.6 Å². The van der Waals surface area contributed by atoms with E-state index in [-0.39, 0.29) is 5.38 Å². The number of aryl methyl sites for hydroxylation is 1. The molecule has 0 aliphatic heterocycles. The van der Waals surface area contributed by atoms with Gasteiger partial charge in [-0.25, -0.2) is 0 Å². The van der Waals surface area contributed by atoms with Crippen molar-refractivity contribution in [2.75, 3.05) is 0 Å². The zero-order valence-electron chi connectivity index (χ0n) is 10.5. The van der Waals surface area contributed by atoms with Gasteiger partial charge in [0.15, 0.2) is 0 Å². The maximum Gasteiger partial charge on any atom is 0.0628 e. The molecule has 0 spiro atoms. The van der Waals surface area contributed by atoms with Crippen LogP contribution < -0.4 is 0 Å². The van der Waals surface area contributed by atoms with E-state index in [1.165, 1.54) is 16.7 Å². The number of aromatic nitrogens is 1. The van der Waals surface area contributed by atoms with Crippen LogP contribution in [0.4, 0.5) is 0 Å². The first kappa shape index (κ1) is 13.4. The normalized spacial score (nSPS) is 12.4. The summed E-state index contributed by atoms with van der Waals surface area (Å²) < 4.78 is 0. The van der Waals surface area contributed by atoms with Crippen LogP contribution >= 0.6 is 23.2 Å². The van der Waals surface area contributed by atoms with E-state index in [1.54, 1.807) is 12.4 Å². The van der Waals surface area contributed by atoms with Crippen molar-refractivity contribution in [2.24, 2.45) is 0 Å². The summed E-state index contributed by atoms with van der Waals surface area (Å²) in [6.07, 6.45) is 4.12. The Bertz CT molecular complexity index is 552. The standard InChI is InChI=1S/C15H15Cl2N/c1-10-4-3-5-13(11(10)2)14(16)8-12-6-7-18-9-15(12)17/h3-7,9,14H,8H2,1-2H3. The lowest BCUT2D eigenvalue weighted by atomic mass is 9.97. The van der Waals surface area contributed by atoms with Gasteiger partial charge in [0.05, 0.1) is 10.4 Å². The minimum absolute atomic E-state index is 0.0650. The molecule has 0 saturated heterocycles. The number of halogens is 2. The van der Waals surface area contributed by atoms with E-state index in [4.69, 9.17) is 23.2 Å². The molecular formula is C15H15Cl2N. The van der Waals surface area contributed by atoms with Gasteiger partial charge in [0.25, 0.3) is 0 Å². The van der Waals surface area contributed by atoms with E-state index in [1.807, 2.05) is 12.1 Å². The quantitative estimate of drug-likeness (QED) is 0.730. The van der Waals surface area contributed by atoms with Crippen LogP contribution in [-0.4, -0.2) is 4.98 Å². The van der Waals surface area contributed by atoms with Gasteiger partial charge in [0, 0.05) is 12.4 Å². The summed E-state index contributed by atoms with van der Waals surface area (Å²) in [5.74, 6) is 0. The molecule has 1 aromatic carbocycles. The van der Waals surface area contributed by atoms with Gasteiger partial charge in [-0.1, -0.05) is 29.8 Å². The van der Waals surface area contributed by atoms with Gasteiger partial charge >= 0.3 is 0 Å². The Balaban J connectivity index is 2.25. The van der Waals surface area contributed by atoms with E-state index in [2.05, 4.69) is 31.0 Å². The summed E-state index contributed by atoms with van der Waals surface area (Å²) in [6.45, 7) is 4.20. The minimum Gasteiger partial charge on any atom is -0.263 e. The van der Waals surface area contributed by atoms with Crippen molar-refractivity contribution in [2.45, 2.75) is 25.6 Å². The van der Waals surface area contributed by atoms with Crippen LogP contribution in [0.1, 0.15) is 27.6 Å². The van der Waals surface area contributed by atoms with Crippen molar-refractivity contribution in [1.82, 2.24) is 4.98 Å². The second-order valence-electron chi connectivity index (χ2n) is 4.43. The zero-order chi connectivity index (χ0) is 13.1. The van der Waals surface area contributed by atoms with Gasteiger partial charge < -0.3 is 0 Å². The molecule has 0 radical (unpaired) electrons. The van der Waals surface area contributed by atoms with Gasteiger partial charge in [-0.05, 0) is 48.6 Å². The molecule has 1 aromatic heterocycles. The molecule has 0 N–H and O–H groups in total. The molecule has 1 nitrogen and oxygen atoms in total. The molecular weight excluding hydrogens is 265 g/mol. The van der Waals surface area contributed by atoms with Gasteiger partial charge in [-0.2, -0.15) is 0 Å². The number of hydrogen-bond donors (Lipinski definition) is 0. The molecule has 0 fully saturated rings. The maximum atomic E-state index is 6.51. The number of nitrogens with zero attached hydrogens (tertiary/aromatic N) is 1. The Morgan fingerprint density at radius 3 is 2.72 bits per heavy atom. The monoisotopic (exact) mass is 279 g/mol. The van der Waals surface area contributed by atoms with Crippen LogP contribution in [-0.2, 0) is 6.42 Å². The average molecular weight is 280 g/mol. The Labute approximate surface area is 118 Å². The molecule has 0 aliphatic carbocycles. The summed E-state index contributed by atoms with van der Waals surface area (Å²) in [4.78, 5) is 3.98. The van der Waals surface area contributed by atoms with Gasteiger partial charge in [-0.3, -0.25) is 4.98 Å². The third-order valence-electron chi connectivity index (χ3n) is 3.24. The van der Waals surface area contributed by atoms with Crippen LogP contribution in [0, 0.1) is 13.8 Å². The Morgan fingerprint density at radius 2 is 2.00 bits per heavy atom. The molecule has 0 bridgehead atoms. The number of hydrogen-bond acceptors (Lipinski definition) is 1. The first-order valence-corrected chi connectivity index (χ1v) is 6.69. The first-order valence-electron chi connectivity index (χ1n) is 5.88. The highest BCUT2D eigenvalue weighted by Crippen LogP contribution is 2.30. The van der Waals surface area contributed by atoms with Crippen molar-refractivity contribution in [3.63, 3.8) is 0 Å². The smallest absolute Gasteiger partial charge is 0.0628 e. The highest BCUT2D eigenvalue weighted by Gasteiger charge is 2.14. The summed E-state index contributed by atoms with van der Waals surface area (Å²) in [6, 6.07) is 8.14. The minimum atomic E-state index is -0.0650. The predicted octanol–water partition coefficient (Wildman–Crippen LogP) is 4.87. The molecule has 0 aliphatic rings.